The topological polar surface area (TPSA) is 29.5 Å². The van der Waals surface area contributed by atoms with Gasteiger partial charge in [-0.25, -0.2) is 0 Å². The zero-order valence-electron chi connectivity index (χ0n) is 12.0. The van der Waals surface area contributed by atoms with Gasteiger partial charge in [-0.05, 0) is 39.1 Å². The number of nitrogens with zero attached hydrogens (tertiary/aromatic N) is 1. The first kappa shape index (κ1) is 14.7. The second-order valence-corrected chi connectivity index (χ2v) is 4.69. The second-order valence-electron chi connectivity index (χ2n) is 4.69. The van der Waals surface area contributed by atoms with Crippen LogP contribution in [0.4, 0.5) is 0 Å². The van der Waals surface area contributed by atoms with E-state index in [0.29, 0.717) is 5.56 Å². The van der Waals surface area contributed by atoms with Crippen molar-refractivity contribution in [3.05, 3.63) is 29.8 Å². The molecule has 0 heterocycles. The minimum absolute atomic E-state index is 0.163. The van der Waals surface area contributed by atoms with Crippen molar-refractivity contribution in [1.82, 2.24) is 4.90 Å². The normalized spacial score (nSPS) is 11.7. The lowest BCUT2D eigenvalue weighted by molar-refractivity contribution is 0.0656. The molecule has 0 fully saturated rings. The lowest BCUT2D eigenvalue weighted by Gasteiger charge is -2.37. The molecule has 0 unspecified atom stereocenters. The van der Waals surface area contributed by atoms with Crippen molar-refractivity contribution < 1.29 is 9.53 Å². The van der Waals surface area contributed by atoms with Crippen LogP contribution in [0.5, 0.6) is 5.75 Å². The van der Waals surface area contributed by atoms with E-state index >= 15 is 0 Å². The Morgan fingerprint density at radius 1 is 1.28 bits per heavy atom. The van der Waals surface area contributed by atoms with E-state index in [1.807, 2.05) is 43.3 Å². The Morgan fingerprint density at radius 3 is 2.33 bits per heavy atom. The number of rotatable bonds is 6. The van der Waals surface area contributed by atoms with E-state index in [1.165, 1.54) is 0 Å². The van der Waals surface area contributed by atoms with Crippen LogP contribution in [-0.4, -0.2) is 37.4 Å². The quantitative estimate of drug-likeness (QED) is 0.726. The average molecular weight is 249 g/mol. The third-order valence-corrected chi connectivity index (χ3v) is 3.78. The van der Waals surface area contributed by atoms with E-state index in [-0.39, 0.29) is 5.78 Å². The van der Waals surface area contributed by atoms with Crippen LogP contribution in [0.1, 0.15) is 37.0 Å². The summed E-state index contributed by atoms with van der Waals surface area (Å²) in [5.74, 6) is 0.886. The van der Waals surface area contributed by atoms with Gasteiger partial charge in [0.1, 0.15) is 5.75 Å². The monoisotopic (exact) mass is 249 g/mol. The molecule has 1 aromatic carbocycles. The molecule has 18 heavy (non-hydrogen) atoms. The Balaban J connectivity index is 3.17. The molecule has 1 aromatic rings. The molecule has 0 radical (unpaired) electrons. The largest absolute Gasteiger partial charge is 0.497 e. The van der Waals surface area contributed by atoms with Crippen molar-refractivity contribution >= 4 is 5.78 Å². The molecule has 0 spiro atoms. The Labute approximate surface area is 110 Å². The number of ketones is 1. The summed E-state index contributed by atoms with van der Waals surface area (Å²) in [5, 5.41) is 0. The summed E-state index contributed by atoms with van der Waals surface area (Å²) in [6.45, 7) is 4.11. The van der Waals surface area contributed by atoms with Gasteiger partial charge >= 0.3 is 0 Å². The molecule has 0 amide bonds. The SMILES string of the molecule is CCC(CC)(C(=O)c1cccc(OC)c1)N(C)C. The summed E-state index contributed by atoms with van der Waals surface area (Å²) in [4.78, 5) is 14.8. The first-order valence-corrected chi connectivity index (χ1v) is 6.38. The Kier molecular flexibility index (Phi) is 4.91. The molecule has 0 N–H and O–H groups in total. The van der Waals surface area contributed by atoms with Crippen molar-refractivity contribution in [3.8, 4) is 5.75 Å². The van der Waals surface area contributed by atoms with Crippen LogP contribution in [-0.2, 0) is 0 Å². The lowest BCUT2D eigenvalue weighted by Crippen LogP contribution is -2.50. The maximum Gasteiger partial charge on any atom is 0.183 e. The minimum Gasteiger partial charge on any atom is -0.497 e. The van der Waals surface area contributed by atoms with Gasteiger partial charge in [-0.15, -0.1) is 0 Å². The first-order chi connectivity index (χ1) is 8.51. The van der Waals surface area contributed by atoms with Gasteiger partial charge in [0, 0.05) is 5.56 Å². The summed E-state index contributed by atoms with van der Waals surface area (Å²) >= 11 is 0. The number of hydrogen-bond acceptors (Lipinski definition) is 3. The highest BCUT2D eigenvalue weighted by Gasteiger charge is 2.37. The highest BCUT2D eigenvalue weighted by atomic mass is 16.5. The molecule has 0 aromatic heterocycles. The van der Waals surface area contributed by atoms with Crippen LogP contribution in [0.3, 0.4) is 0 Å². The minimum atomic E-state index is -0.424. The average Bonchev–Trinajstić information content (AvgIpc) is 2.40. The summed E-state index contributed by atoms with van der Waals surface area (Å²) < 4.78 is 5.18. The fourth-order valence-corrected chi connectivity index (χ4v) is 2.44. The number of benzene rings is 1. The molecule has 0 aliphatic rings. The Morgan fingerprint density at radius 2 is 1.89 bits per heavy atom. The number of hydrogen-bond donors (Lipinski definition) is 0. The molecule has 0 bridgehead atoms. The molecule has 100 valence electrons. The predicted molar refractivity (Wildman–Crippen MR) is 74.3 cm³/mol. The molecular weight excluding hydrogens is 226 g/mol. The molecule has 0 saturated carbocycles. The van der Waals surface area contributed by atoms with Crippen LogP contribution in [0.2, 0.25) is 0 Å². The third-order valence-electron chi connectivity index (χ3n) is 3.78. The Hall–Kier alpha value is -1.35. The first-order valence-electron chi connectivity index (χ1n) is 6.38. The highest BCUT2D eigenvalue weighted by Crippen LogP contribution is 2.27. The third kappa shape index (κ3) is 2.56. The molecule has 0 saturated heterocycles. The van der Waals surface area contributed by atoms with Gasteiger partial charge in [0.2, 0.25) is 0 Å². The zero-order valence-corrected chi connectivity index (χ0v) is 12.0. The molecular formula is C15H23NO2. The van der Waals surface area contributed by atoms with E-state index in [0.717, 1.165) is 18.6 Å². The molecule has 1 rings (SSSR count). The van der Waals surface area contributed by atoms with Gasteiger partial charge in [-0.2, -0.15) is 0 Å². The number of carbonyl (C=O) groups excluding carboxylic acids is 1. The number of methoxy groups -OCH3 is 1. The van der Waals surface area contributed by atoms with Crippen LogP contribution in [0.15, 0.2) is 24.3 Å². The van der Waals surface area contributed by atoms with Crippen LogP contribution >= 0.6 is 0 Å². The van der Waals surface area contributed by atoms with Crippen molar-refractivity contribution in [2.24, 2.45) is 0 Å². The van der Waals surface area contributed by atoms with Crippen molar-refractivity contribution in [3.63, 3.8) is 0 Å². The number of ether oxygens (including phenoxy) is 1. The zero-order chi connectivity index (χ0) is 13.8. The second kappa shape index (κ2) is 6.01. The standard InChI is InChI=1S/C15H23NO2/c1-6-15(7-2,16(3)4)14(17)12-9-8-10-13(11-12)18-5/h8-11H,6-7H2,1-5H3. The summed E-state index contributed by atoms with van der Waals surface area (Å²) in [6, 6.07) is 7.38. The maximum absolute atomic E-state index is 12.7. The number of Topliss-reactive ketones (excluding diaryl/α,β-unsaturated/α-hetero) is 1. The van der Waals surface area contributed by atoms with Gasteiger partial charge in [0.25, 0.3) is 0 Å². The van der Waals surface area contributed by atoms with Gasteiger partial charge in [-0.1, -0.05) is 26.0 Å². The lowest BCUT2D eigenvalue weighted by atomic mass is 9.83. The molecule has 0 atom stereocenters. The van der Waals surface area contributed by atoms with E-state index in [9.17, 15) is 4.79 Å². The Bertz CT molecular complexity index is 409. The van der Waals surface area contributed by atoms with Crippen LogP contribution in [0.25, 0.3) is 0 Å². The molecule has 0 aliphatic carbocycles. The smallest absolute Gasteiger partial charge is 0.183 e. The fourth-order valence-electron chi connectivity index (χ4n) is 2.44. The van der Waals surface area contributed by atoms with E-state index in [1.54, 1.807) is 7.11 Å². The van der Waals surface area contributed by atoms with Crippen LogP contribution in [0, 0.1) is 0 Å². The van der Waals surface area contributed by atoms with Crippen LogP contribution < -0.4 is 4.74 Å². The number of carbonyl (C=O) groups is 1. The molecule has 3 heteroatoms. The van der Waals surface area contributed by atoms with Crippen molar-refractivity contribution in [1.29, 1.82) is 0 Å². The van der Waals surface area contributed by atoms with Crippen molar-refractivity contribution in [2.45, 2.75) is 32.2 Å². The van der Waals surface area contributed by atoms with Gasteiger partial charge in [0.05, 0.1) is 12.6 Å². The summed E-state index contributed by atoms with van der Waals surface area (Å²) in [6.07, 6.45) is 1.60. The predicted octanol–water partition coefficient (Wildman–Crippen LogP) is 3.00. The maximum atomic E-state index is 12.7. The molecule has 3 nitrogen and oxygen atoms in total. The van der Waals surface area contributed by atoms with Gasteiger partial charge in [-0.3, -0.25) is 9.69 Å². The highest BCUT2D eigenvalue weighted by molar-refractivity contribution is 6.03. The van der Waals surface area contributed by atoms with Gasteiger partial charge in [0.15, 0.2) is 5.78 Å². The van der Waals surface area contributed by atoms with E-state index in [4.69, 9.17) is 4.74 Å². The summed E-state index contributed by atoms with van der Waals surface area (Å²) in [5.41, 5.74) is 0.290. The van der Waals surface area contributed by atoms with Crippen molar-refractivity contribution in [2.75, 3.05) is 21.2 Å². The molecule has 0 aliphatic heterocycles. The van der Waals surface area contributed by atoms with Gasteiger partial charge < -0.3 is 4.74 Å². The fraction of sp³-hybridized carbons (Fsp3) is 0.533. The van der Waals surface area contributed by atoms with E-state index < -0.39 is 5.54 Å². The van der Waals surface area contributed by atoms with E-state index in [2.05, 4.69) is 13.8 Å². The summed E-state index contributed by atoms with van der Waals surface area (Å²) in [7, 11) is 5.54. The number of likely N-dealkylation sites (N-methyl/N-ethyl adjacent to an activating group) is 1.